The van der Waals surface area contributed by atoms with Gasteiger partial charge in [-0.2, -0.15) is 0 Å². The second kappa shape index (κ2) is 6.29. The van der Waals surface area contributed by atoms with Crippen molar-refractivity contribution in [2.24, 2.45) is 0 Å². The molecule has 0 saturated heterocycles. The van der Waals surface area contributed by atoms with Crippen molar-refractivity contribution in [3.8, 4) is 11.5 Å². The van der Waals surface area contributed by atoms with Crippen LogP contribution in [0.4, 0.5) is 4.39 Å². The van der Waals surface area contributed by atoms with Crippen molar-refractivity contribution in [1.29, 1.82) is 0 Å². The number of aryl methyl sites for hydroxylation is 1. The van der Waals surface area contributed by atoms with Gasteiger partial charge in [-0.1, -0.05) is 19.1 Å². The van der Waals surface area contributed by atoms with Crippen LogP contribution in [0, 0.1) is 12.7 Å². The largest absolute Gasteiger partial charge is 0.454 e. The van der Waals surface area contributed by atoms with Crippen LogP contribution < -0.4 is 10.1 Å². The van der Waals surface area contributed by atoms with Crippen molar-refractivity contribution in [2.75, 3.05) is 6.54 Å². The Kier molecular flexibility index (Phi) is 4.47. The van der Waals surface area contributed by atoms with Crippen molar-refractivity contribution >= 4 is 0 Å². The Morgan fingerprint density at radius 2 is 2.16 bits per heavy atom. The fourth-order valence-corrected chi connectivity index (χ4v) is 1.70. The maximum atomic E-state index is 13.8. The van der Waals surface area contributed by atoms with Gasteiger partial charge in [0.15, 0.2) is 11.6 Å². The van der Waals surface area contributed by atoms with E-state index in [0.717, 1.165) is 12.2 Å². The van der Waals surface area contributed by atoms with Gasteiger partial charge in [0.05, 0.1) is 5.69 Å². The summed E-state index contributed by atoms with van der Waals surface area (Å²) in [6.07, 6.45) is 1.66. The second-order valence-corrected chi connectivity index (χ2v) is 4.25. The van der Waals surface area contributed by atoms with Crippen molar-refractivity contribution in [3.63, 3.8) is 0 Å². The molecule has 0 spiro atoms. The van der Waals surface area contributed by atoms with Crippen molar-refractivity contribution in [1.82, 2.24) is 10.3 Å². The van der Waals surface area contributed by atoms with Crippen molar-refractivity contribution < 1.29 is 9.13 Å². The zero-order chi connectivity index (χ0) is 13.7. The molecule has 0 unspecified atom stereocenters. The van der Waals surface area contributed by atoms with Crippen molar-refractivity contribution in [3.05, 3.63) is 53.6 Å². The number of ether oxygens (including phenoxy) is 1. The molecule has 0 radical (unpaired) electrons. The lowest BCUT2D eigenvalue weighted by Crippen LogP contribution is -2.12. The molecule has 100 valence electrons. The fraction of sp³-hybridized carbons (Fsp3) is 0.267. The smallest absolute Gasteiger partial charge is 0.168 e. The topological polar surface area (TPSA) is 34.1 Å². The number of benzene rings is 1. The Morgan fingerprint density at radius 3 is 2.95 bits per heavy atom. The van der Waals surface area contributed by atoms with E-state index in [9.17, 15) is 4.39 Å². The molecule has 1 N–H and O–H groups in total. The minimum atomic E-state index is -0.326. The molecule has 1 aromatic heterocycles. The van der Waals surface area contributed by atoms with Gasteiger partial charge in [-0.25, -0.2) is 4.39 Å². The number of nitrogens with zero attached hydrogens (tertiary/aromatic N) is 1. The molecule has 0 aliphatic rings. The van der Waals surface area contributed by atoms with E-state index >= 15 is 0 Å². The van der Waals surface area contributed by atoms with Crippen LogP contribution in [0.2, 0.25) is 0 Å². The first kappa shape index (κ1) is 13.5. The summed E-state index contributed by atoms with van der Waals surface area (Å²) in [5, 5.41) is 3.18. The summed E-state index contributed by atoms with van der Waals surface area (Å²) in [7, 11) is 0. The van der Waals surface area contributed by atoms with Gasteiger partial charge in [0.1, 0.15) is 5.75 Å². The van der Waals surface area contributed by atoms with Crippen LogP contribution in [0.1, 0.15) is 18.2 Å². The summed E-state index contributed by atoms with van der Waals surface area (Å²) in [5.41, 5.74) is 1.44. The Morgan fingerprint density at radius 1 is 1.32 bits per heavy atom. The Bertz CT molecular complexity index is 558. The van der Waals surface area contributed by atoms with Gasteiger partial charge in [-0.3, -0.25) is 4.98 Å². The average Bonchev–Trinajstić information content (AvgIpc) is 2.42. The number of hydrogen-bond acceptors (Lipinski definition) is 3. The average molecular weight is 260 g/mol. The first-order valence-corrected chi connectivity index (χ1v) is 6.29. The molecule has 0 amide bonds. The van der Waals surface area contributed by atoms with Gasteiger partial charge >= 0.3 is 0 Å². The molecule has 0 aliphatic heterocycles. The number of rotatable bonds is 5. The Labute approximate surface area is 112 Å². The number of aromatic nitrogens is 1. The molecule has 0 atom stereocenters. The zero-order valence-electron chi connectivity index (χ0n) is 11.1. The summed E-state index contributed by atoms with van der Waals surface area (Å²) in [4.78, 5) is 4.22. The van der Waals surface area contributed by atoms with Crippen LogP contribution in [-0.2, 0) is 6.54 Å². The van der Waals surface area contributed by atoms with Gasteiger partial charge in [-0.15, -0.1) is 0 Å². The summed E-state index contributed by atoms with van der Waals surface area (Å²) in [5.74, 6) is 0.501. The van der Waals surface area contributed by atoms with E-state index in [1.807, 2.05) is 13.0 Å². The molecule has 19 heavy (non-hydrogen) atoms. The third kappa shape index (κ3) is 3.51. The van der Waals surface area contributed by atoms with E-state index in [1.165, 1.54) is 0 Å². The van der Waals surface area contributed by atoms with Gasteiger partial charge in [0.25, 0.3) is 0 Å². The van der Waals surface area contributed by atoms with Crippen LogP contribution >= 0.6 is 0 Å². The third-order valence-electron chi connectivity index (χ3n) is 2.73. The summed E-state index contributed by atoms with van der Waals surface area (Å²) in [6, 6.07) is 8.63. The molecule has 1 heterocycles. The number of hydrogen-bond donors (Lipinski definition) is 1. The fourth-order valence-electron chi connectivity index (χ4n) is 1.70. The molecule has 3 nitrogen and oxygen atoms in total. The first-order chi connectivity index (χ1) is 9.20. The monoisotopic (exact) mass is 260 g/mol. The summed E-state index contributed by atoms with van der Waals surface area (Å²) in [6.45, 7) is 5.29. The Balaban J connectivity index is 2.16. The van der Waals surface area contributed by atoms with Crippen molar-refractivity contribution in [2.45, 2.75) is 20.4 Å². The predicted molar refractivity (Wildman–Crippen MR) is 72.8 cm³/mol. The highest BCUT2D eigenvalue weighted by Crippen LogP contribution is 2.26. The Hall–Kier alpha value is -1.94. The number of pyridine rings is 1. The molecular weight excluding hydrogens is 243 g/mol. The van der Waals surface area contributed by atoms with E-state index in [0.29, 0.717) is 17.9 Å². The SMILES string of the molecule is CCNCc1cc(Oc2cccc(C)c2F)ccn1. The van der Waals surface area contributed by atoms with Gasteiger partial charge < -0.3 is 10.1 Å². The molecule has 0 bridgehead atoms. The van der Waals surface area contributed by atoms with Gasteiger partial charge in [-0.05, 0) is 31.2 Å². The van der Waals surface area contributed by atoms with Crippen LogP contribution in [0.3, 0.4) is 0 Å². The van der Waals surface area contributed by atoms with Crippen LogP contribution in [0.5, 0.6) is 11.5 Å². The molecule has 2 rings (SSSR count). The zero-order valence-corrected chi connectivity index (χ0v) is 11.1. The predicted octanol–water partition coefficient (Wildman–Crippen LogP) is 3.43. The van der Waals surface area contributed by atoms with E-state index in [4.69, 9.17) is 4.74 Å². The lowest BCUT2D eigenvalue weighted by Gasteiger charge is -2.09. The summed E-state index contributed by atoms with van der Waals surface area (Å²) < 4.78 is 19.4. The number of halogens is 1. The maximum absolute atomic E-state index is 13.8. The molecule has 1 aromatic carbocycles. The van der Waals surface area contributed by atoms with Crippen LogP contribution in [0.15, 0.2) is 36.5 Å². The van der Waals surface area contributed by atoms with E-state index < -0.39 is 0 Å². The summed E-state index contributed by atoms with van der Waals surface area (Å²) >= 11 is 0. The quantitative estimate of drug-likeness (QED) is 0.894. The number of nitrogens with one attached hydrogen (secondary N) is 1. The van der Waals surface area contributed by atoms with Gasteiger partial charge in [0, 0.05) is 18.8 Å². The van der Waals surface area contributed by atoms with Crippen LogP contribution in [-0.4, -0.2) is 11.5 Å². The van der Waals surface area contributed by atoms with Gasteiger partial charge in [0.2, 0.25) is 0 Å². The molecule has 0 fully saturated rings. The normalized spacial score (nSPS) is 10.5. The third-order valence-corrected chi connectivity index (χ3v) is 2.73. The molecule has 4 heteroatoms. The molecule has 0 saturated carbocycles. The standard InChI is InChI=1S/C15H17FN2O/c1-3-17-10-12-9-13(7-8-18-12)19-14-6-4-5-11(2)15(14)16/h4-9,17H,3,10H2,1-2H3. The highest BCUT2D eigenvalue weighted by Gasteiger charge is 2.07. The maximum Gasteiger partial charge on any atom is 0.168 e. The van der Waals surface area contributed by atoms with E-state index in [-0.39, 0.29) is 11.6 Å². The van der Waals surface area contributed by atoms with E-state index in [1.54, 1.807) is 37.4 Å². The highest BCUT2D eigenvalue weighted by atomic mass is 19.1. The molecule has 0 aliphatic carbocycles. The molecular formula is C15H17FN2O. The first-order valence-electron chi connectivity index (χ1n) is 6.29. The lowest BCUT2D eigenvalue weighted by molar-refractivity contribution is 0.438. The highest BCUT2D eigenvalue weighted by molar-refractivity contribution is 5.35. The van der Waals surface area contributed by atoms with E-state index in [2.05, 4.69) is 10.3 Å². The van der Waals surface area contributed by atoms with Crippen LogP contribution in [0.25, 0.3) is 0 Å². The lowest BCUT2D eigenvalue weighted by atomic mass is 10.2. The second-order valence-electron chi connectivity index (χ2n) is 4.25. The molecule has 2 aromatic rings. The minimum absolute atomic E-state index is 0.237. The minimum Gasteiger partial charge on any atom is -0.454 e.